The Morgan fingerprint density at radius 1 is 1.05 bits per heavy atom. The summed E-state index contributed by atoms with van der Waals surface area (Å²) < 4.78 is 5.41. The molecule has 106 valence electrons. The van der Waals surface area contributed by atoms with E-state index in [9.17, 15) is 4.79 Å². The summed E-state index contributed by atoms with van der Waals surface area (Å²) in [5, 5.41) is 0. The highest BCUT2D eigenvalue weighted by Gasteiger charge is 2.53. The molecule has 1 saturated carbocycles. The van der Waals surface area contributed by atoms with Crippen molar-refractivity contribution in [2.75, 3.05) is 0 Å². The first-order chi connectivity index (χ1) is 10.3. The first-order valence-electron chi connectivity index (χ1n) is 7.61. The van der Waals surface area contributed by atoms with Crippen molar-refractivity contribution >= 4 is 5.97 Å². The van der Waals surface area contributed by atoms with Crippen LogP contribution in [0.1, 0.15) is 24.8 Å². The van der Waals surface area contributed by atoms with Crippen LogP contribution < -0.4 is 0 Å². The molecule has 2 aliphatic rings. The Morgan fingerprint density at radius 2 is 1.86 bits per heavy atom. The van der Waals surface area contributed by atoms with Gasteiger partial charge in [-0.1, -0.05) is 54.6 Å². The summed E-state index contributed by atoms with van der Waals surface area (Å²) >= 11 is 0. The average molecular weight is 278 g/mol. The molecule has 2 bridgehead atoms. The second kappa shape index (κ2) is 4.73. The molecule has 2 fully saturated rings. The highest BCUT2D eigenvalue weighted by atomic mass is 16.6. The molecule has 0 aromatic heterocycles. The van der Waals surface area contributed by atoms with Gasteiger partial charge in [0.15, 0.2) is 0 Å². The molecule has 1 saturated heterocycles. The maximum atomic E-state index is 12.1. The predicted molar refractivity (Wildman–Crippen MR) is 81.7 cm³/mol. The Hall–Kier alpha value is -2.09. The van der Waals surface area contributed by atoms with Crippen molar-refractivity contribution in [3.05, 3.63) is 60.2 Å². The second-order valence-corrected chi connectivity index (χ2v) is 6.29. The van der Waals surface area contributed by atoms with Crippen molar-refractivity contribution in [3.8, 4) is 11.1 Å². The van der Waals surface area contributed by atoms with E-state index < -0.39 is 0 Å². The molecule has 0 spiro atoms. The monoisotopic (exact) mass is 278 g/mol. The normalized spacial score (nSPS) is 26.9. The molecule has 0 unspecified atom stereocenters. The van der Waals surface area contributed by atoms with Crippen molar-refractivity contribution in [2.24, 2.45) is 5.41 Å². The first-order valence-corrected chi connectivity index (χ1v) is 7.61. The van der Waals surface area contributed by atoms with Gasteiger partial charge in [0.25, 0.3) is 0 Å². The van der Waals surface area contributed by atoms with Gasteiger partial charge in [0.2, 0.25) is 0 Å². The predicted octanol–water partition coefficient (Wildman–Crippen LogP) is 3.99. The van der Waals surface area contributed by atoms with Crippen LogP contribution >= 0.6 is 0 Å². The first kappa shape index (κ1) is 12.6. The van der Waals surface area contributed by atoms with E-state index in [1.165, 1.54) is 16.7 Å². The number of hydrogen-bond donors (Lipinski definition) is 0. The van der Waals surface area contributed by atoms with E-state index in [-0.39, 0.29) is 17.5 Å². The molecule has 21 heavy (non-hydrogen) atoms. The van der Waals surface area contributed by atoms with Gasteiger partial charge >= 0.3 is 5.97 Å². The molecular formula is C19H18O2. The molecule has 1 aliphatic heterocycles. The Bertz CT molecular complexity index is 677. The van der Waals surface area contributed by atoms with Gasteiger partial charge in [-0.15, -0.1) is 0 Å². The number of benzene rings is 2. The molecule has 2 atom stereocenters. The SMILES string of the molecule is O=C1O[C@@H]2CC[C@@]1(Cc1cccc(-c3ccccc3)c1)C2. The van der Waals surface area contributed by atoms with Crippen molar-refractivity contribution in [1.29, 1.82) is 0 Å². The van der Waals surface area contributed by atoms with Crippen LogP contribution in [-0.4, -0.2) is 12.1 Å². The summed E-state index contributed by atoms with van der Waals surface area (Å²) in [7, 11) is 0. The lowest BCUT2D eigenvalue weighted by Crippen LogP contribution is -2.29. The number of ether oxygens (including phenoxy) is 1. The van der Waals surface area contributed by atoms with Crippen molar-refractivity contribution in [2.45, 2.75) is 31.8 Å². The molecule has 2 aromatic rings. The Kier molecular flexibility index (Phi) is 2.85. The Morgan fingerprint density at radius 3 is 2.57 bits per heavy atom. The zero-order chi connectivity index (χ0) is 14.3. The smallest absolute Gasteiger partial charge is 0.312 e. The van der Waals surface area contributed by atoms with Crippen LogP contribution in [0.25, 0.3) is 11.1 Å². The quantitative estimate of drug-likeness (QED) is 0.793. The number of esters is 1. The van der Waals surface area contributed by atoms with Gasteiger partial charge in [-0.3, -0.25) is 4.79 Å². The van der Waals surface area contributed by atoms with Gasteiger partial charge < -0.3 is 4.74 Å². The minimum atomic E-state index is -0.250. The molecule has 1 heterocycles. The minimum Gasteiger partial charge on any atom is -0.462 e. The molecule has 4 rings (SSSR count). The largest absolute Gasteiger partial charge is 0.462 e. The van der Waals surface area contributed by atoms with Gasteiger partial charge in [0.05, 0.1) is 5.41 Å². The molecule has 1 aliphatic carbocycles. The van der Waals surface area contributed by atoms with E-state index in [0.29, 0.717) is 0 Å². The number of carbonyl (C=O) groups is 1. The van der Waals surface area contributed by atoms with Crippen LogP contribution in [0.2, 0.25) is 0 Å². The van der Waals surface area contributed by atoms with E-state index in [0.717, 1.165) is 25.7 Å². The zero-order valence-electron chi connectivity index (χ0n) is 11.9. The van der Waals surface area contributed by atoms with E-state index in [4.69, 9.17) is 4.74 Å². The summed E-state index contributed by atoms with van der Waals surface area (Å²) in [5.74, 6) is 0.0175. The van der Waals surface area contributed by atoms with Crippen molar-refractivity contribution in [3.63, 3.8) is 0 Å². The Labute approximate surface area is 124 Å². The summed E-state index contributed by atoms with van der Waals surface area (Å²) in [6, 6.07) is 18.9. The number of hydrogen-bond acceptors (Lipinski definition) is 2. The van der Waals surface area contributed by atoms with E-state index in [1.54, 1.807) is 0 Å². The lowest BCUT2D eigenvalue weighted by Gasteiger charge is -2.23. The molecular weight excluding hydrogens is 260 g/mol. The molecule has 2 nitrogen and oxygen atoms in total. The van der Waals surface area contributed by atoms with Crippen LogP contribution in [0.4, 0.5) is 0 Å². The fraction of sp³-hybridized carbons (Fsp3) is 0.316. The van der Waals surface area contributed by atoms with E-state index in [2.05, 4.69) is 48.5 Å². The van der Waals surface area contributed by atoms with Crippen LogP contribution in [0, 0.1) is 5.41 Å². The van der Waals surface area contributed by atoms with Gasteiger partial charge in [-0.2, -0.15) is 0 Å². The standard InChI is InChI=1S/C19H18O2/c20-18-19(10-9-17(13-19)21-18)12-14-5-4-8-16(11-14)15-6-2-1-3-7-15/h1-8,11,17H,9-10,12-13H2/t17-,19-/m1/s1. The average Bonchev–Trinajstić information content (AvgIpc) is 3.05. The minimum absolute atomic E-state index is 0.0175. The van der Waals surface area contributed by atoms with Crippen LogP contribution in [0.15, 0.2) is 54.6 Å². The molecule has 2 heteroatoms. The number of fused-ring (bicyclic) bond motifs is 2. The molecule has 2 aromatic carbocycles. The van der Waals surface area contributed by atoms with Gasteiger partial charge in [-0.25, -0.2) is 0 Å². The summed E-state index contributed by atoms with van der Waals surface area (Å²) in [6.45, 7) is 0. The van der Waals surface area contributed by atoms with Crippen LogP contribution in [0.3, 0.4) is 0 Å². The van der Waals surface area contributed by atoms with Crippen LogP contribution in [-0.2, 0) is 16.0 Å². The summed E-state index contributed by atoms with van der Waals surface area (Å²) in [4.78, 5) is 12.1. The zero-order valence-corrected chi connectivity index (χ0v) is 11.9. The summed E-state index contributed by atoms with van der Waals surface area (Å²) in [5.41, 5.74) is 3.41. The Balaban J connectivity index is 1.63. The third-order valence-electron chi connectivity index (χ3n) is 4.85. The van der Waals surface area contributed by atoms with E-state index >= 15 is 0 Å². The second-order valence-electron chi connectivity index (χ2n) is 6.29. The highest BCUT2D eigenvalue weighted by molar-refractivity contribution is 5.80. The molecule has 0 radical (unpaired) electrons. The lowest BCUT2D eigenvalue weighted by molar-refractivity contribution is -0.153. The number of carbonyl (C=O) groups excluding carboxylic acids is 1. The third-order valence-corrected chi connectivity index (χ3v) is 4.85. The third kappa shape index (κ3) is 2.15. The lowest BCUT2D eigenvalue weighted by atomic mass is 9.80. The van der Waals surface area contributed by atoms with Crippen LogP contribution in [0.5, 0.6) is 0 Å². The highest BCUT2D eigenvalue weighted by Crippen LogP contribution is 2.49. The molecule has 0 N–H and O–H groups in total. The fourth-order valence-corrected chi connectivity index (χ4v) is 3.75. The topological polar surface area (TPSA) is 26.3 Å². The fourth-order valence-electron chi connectivity index (χ4n) is 3.75. The van der Waals surface area contributed by atoms with Gasteiger partial charge in [-0.05, 0) is 36.0 Å². The van der Waals surface area contributed by atoms with Crippen molar-refractivity contribution < 1.29 is 9.53 Å². The van der Waals surface area contributed by atoms with Crippen molar-refractivity contribution in [1.82, 2.24) is 0 Å². The maximum absolute atomic E-state index is 12.1. The number of rotatable bonds is 3. The summed E-state index contributed by atoms with van der Waals surface area (Å²) in [6.07, 6.45) is 3.90. The van der Waals surface area contributed by atoms with E-state index in [1.807, 2.05) is 6.07 Å². The van der Waals surface area contributed by atoms with Gasteiger partial charge in [0.1, 0.15) is 6.10 Å². The maximum Gasteiger partial charge on any atom is 0.312 e. The van der Waals surface area contributed by atoms with Gasteiger partial charge in [0, 0.05) is 6.42 Å². The molecule has 0 amide bonds.